The molecule has 4 nitrogen and oxygen atoms in total. The second kappa shape index (κ2) is 12.0. The Hall–Kier alpha value is -7.56. The van der Waals surface area contributed by atoms with E-state index in [1.54, 1.807) is 0 Å². The molecule has 0 saturated carbocycles. The molecule has 9 aromatic carbocycles. The van der Waals surface area contributed by atoms with Crippen LogP contribution in [0.1, 0.15) is 0 Å². The number of nitrogens with zero attached hydrogens (tertiary/aromatic N) is 2. The van der Waals surface area contributed by atoms with Crippen LogP contribution in [-0.2, 0) is 0 Å². The van der Waals surface area contributed by atoms with E-state index in [2.05, 4.69) is 152 Å². The summed E-state index contributed by atoms with van der Waals surface area (Å²) >= 11 is 0. The van der Waals surface area contributed by atoms with Gasteiger partial charge in [-0.25, -0.2) is 4.98 Å². The fraction of sp³-hybridized carbons (Fsp3) is 0. The molecule has 0 atom stereocenters. The maximum atomic E-state index is 6.77. The van der Waals surface area contributed by atoms with Crippen molar-refractivity contribution in [2.75, 3.05) is 0 Å². The van der Waals surface area contributed by atoms with Crippen molar-refractivity contribution in [1.29, 1.82) is 0 Å². The van der Waals surface area contributed by atoms with Crippen molar-refractivity contribution in [3.05, 3.63) is 182 Å². The largest absolute Gasteiger partial charge is 0.455 e. The monoisotopic (exact) mass is 714 g/mol. The van der Waals surface area contributed by atoms with E-state index in [9.17, 15) is 0 Å². The fourth-order valence-corrected chi connectivity index (χ4v) is 8.66. The Labute approximate surface area is 320 Å². The topological polar surface area (TPSA) is 52.1 Å². The average Bonchev–Trinajstić information content (AvgIpc) is 3.84. The molecule has 3 heterocycles. The van der Waals surface area contributed by atoms with Gasteiger partial charge < -0.3 is 8.83 Å². The highest BCUT2D eigenvalue weighted by Crippen LogP contribution is 2.46. The van der Waals surface area contributed by atoms with Crippen molar-refractivity contribution in [1.82, 2.24) is 9.97 Å². The van der Waals surface area contributed by atoms with Gasteiger partial charge in [-0.05, 0) is 81.1 Å². The normalized spacial score (nSPS) is 11.9. The van der Waals surface area contributed by atoms with Crippen LogP contribution in [0, 0.1) is 0 Å². The predicted octanol–water partition coefficient (Wildman–Crippen LogP) is 14.4. The molecule has 0 amide bonds. The summed E-state index contributed by atoms with van der Waals surface area (Å²) in [6.45, 7) is 0. The molecule has 12 aromatic rings. The maximum absolute atomic E-state index is 6.77. The van der Waals surface area contributed by atoms with Crippen LogP contribution in [0.15, 0.2) is 191 Å². The minimum atomic E-state index is 0.790. The van der Waals surface area contributed by atoms with Crippen molar-refractivity contribution in [3.8, 4) is 44.6 Å². The van der Waals surface area contributed by atoms with Gasteiger partial charge in [0.15, 0.2) is 0 Å². The van der Waals surface area contributed by atoms with E-state index in [0.29, 0.717) is 0 Å². The molecule has 0 unspecified atom stereocenters. The highest BCUT2D eigenvalue weighted by molar-refractivity contribution is 6.24. The molecule has 0 aliphatic carbocycles. The van der Waals surface area contributed by atoms with Crippen molar-refractivity contribution in [2.24, 2.45) is 0 Å². The molecular weight excluding hydrogens is 685 g/mol. The second-order valence-corrected chi connectivity index (χ2v) is 14.5. The van der Waals surface area contributed by atoms with Gasteiger partial charge in [0.2, 0.25) is 0 Å². The van der Waals surface area contributed by atoms with Gasteiger partial charge in [-0.3, -0.25) is 4.98 Å². The third-order valence-corrected chi connectivity index (χ3v) is 11.3. The Balaban J connectivity index is 1.18. The molecule has 0 bridgehead atoms. The highest BCUT2D eigenvalue weighted by Gasteiger charge is 2.23. The van der Waals surface area contributed by atoms with Gasteiger partial charge in [0.05, 0.1) is 28.5 Å². The molecule has 0 spiro atoms. The summed E-state index contributed by atoms with van der Waals surface area (Å²) in [7, 11) is 0. The van der Waals surface area contributed by atoms with E-state index in [1.165, 1.54) is 10.9 Å². The molecular formula is C52H30N2O2. The molecule has 4 heteroatoms. The first-order valence-corrected chi connectivity index (χ1v) is 18.9. The van der Waals surface area contributed by atoms with Crippen molar-refractivity contribution in [3.63, 3.8) is 0 Å². The van der Waals surface area contributed by atoms with Crippen LogP contribution in [0.2, 0.25) is 0 Å². The molecule has 0 saturated heterocycles. The smallest absolute Gasteiger partial charge is 0.147 e. The van der Waals surface area contributed by atoms with Crippen LogP contribution in [0.3, 0.4) is 0 Å². The fourth-order valence-electron chi connectivity index (χ4n) is 8.66. The summed E-state index contributed by atoms with van der Waals surface area (Å²) in [4.78, 5) is 10.6. The van der Waals surface area contributed by atoms with E-state index in [4.69, 9.17) is 18.8 Å². The first-order chi connectivity index (χ1) is 27.7. The van der Waals surface area contributed by atoms with Gasteiger partial charge in [-0.15, -0.1) is 0 Å². The van der Waals surface area contributed by atoms with E-state index in [-0.39, 0.29) is 0 Å². The quantitative estimate of drug-likeness (QED) is 0.170. The third kappa shape index (κ3) is 4.66. The lowest BCUT2D eigenvalue weighted by atomic mass is 9.91. The van der Waals surface area contributed by atoms with Gasteiger partial charge in [-0.1, -0.05) is 133 Å². The van der Waals surface area contributed by atoms with Crippen LogP contribution in [0.5, 0.6) is 0 Å². The Morgan fingerprint density at radius 1 is 0.321 bits per heavy atom. The van der Waals surface area contributed by atoms with Gasteiger partial charge >= 0.3 is 0 Å². The summed E-state index contributed by atoms with van der Waals surface area (Å²) in [5.41, 5.74) is 13.1. The van der Waals surface area contributed by atoms with Gasteiger partial charge in [0.1, 0.15) is 22.3 Å². The first kappa shape index (κ1) is 30.9. The zero-order chi connectivity index (χ0) is 36.7. The van der Waals surface area contributed by atoms with Crippen LogP contribution >= 0.6 is 0 Å². The zero-order valence-corrected chi connectivity index (χ0v) is 30.0. The number of para-hydroxylation sites is 2. The highest BCUT2D eigenvalue weighted by atomic mass is 16.3. The predicted molar refractivity (Wildman–Crippen MR) is 231 cm³/mol. The van der Waals surface area contributed by atoms with Crippen LogP contribution in [0.25, 0.3) is 121 Å². The lowest BCUT2D eigenvalue weighted by Gasteiger charge is -2.14. The molecule has 0 fully saturated rings. The number of rotatable bonds is 4. The minimum absolute atomic E-state index is 0.790. The first-order valence-electron chi connectivity index (χ1n) is 18.9. The minimum Gasteiger partial charge on any atom is -0.455 e. The standard InChI is InChI=1S/C52H30N2O2/c1-2-13-31(14-3-1)32-15-12-16-33(25-32)34-26-35(45-30-53-49-41-21-6-4-17-37(41)38-18-5-7-22-42(38)50(49)54-45)28-36(27-34)48-51-43(39-19-8-10-23-46(39)55-51)29-44-40-20-9-11-24-47(40)56-52(44)48/h1-30H. The summed E-state index contributed by atoms with van der Waals surface area (Å²) in [6.07, 6.45) is 1.92. The molecule has 56 heavy (non-hydrogen) atoms. The summed E-state index contributed by atoms with van der Waals surface area (Å²) < 4.78 is 13.5. The lowest BCUT2D eigenvalue weighted by molar-refractivity contribution is 0.658. The van der Waals surface area contributed by atoms with Crippen LogP contribution in [-0.4, -0.2) is 9.97 Å². The second-order valence-electron chi connectivity index (χ2n) is 14.5. The Morgan fingerprint density at radius 3 is 1.46 bits per heavy atom. The number of fused-ring (bicyclic) bond motifs is 12. The molecule has 3 aromatic heterocycles. The summed E-state index contributed by atoms with van der Waals surface area (Å²) in [5, 5.41) is 8.76. The molecule has 0 aliphatic heterocycles. The summed E-state index contributed by atoms with van der Waals surface area (Å²) in [6, 6.07) is 61.7. The van der Waals surface area contributed by atoms with Crippen LogP contribution in [0.4, 0.5) is 0 Å². The summed E-state index contributed by atoms with van der Waals surface area (Å²) in [5.74, 6) is 0. The van der Waals surface area contributed by atoms with Crippen molar-refractivity contribution >= 4 is 76.5 Å². The molecule has 0 N–H and O–H groups in total. The zero-order valence-electron chi connectivity index (χ0n) is 30.0. The van der Waals surface area contributed by atoms with Gasteiger partial charge in [0, 0.05) is 37.9 Å². The molecule has 260 valence electrons. The van der Waals surface area contributed by atoms with Gasteiger partial charge in [0.25, 0.3) is 0 Å². The average molecular weight is 715 g/mol. The number of hydrogen-bond donors (Lipinski definition) is 0. The van der Waals surface area contributed by atoms with E-state index < -0.39 is 0 Å². The number of aromatic nitrogens is 2. The Kier molecular flexibility index (Phi) is 6.60. The van der Waals surface area contributed by atoms with E-state index >= 15 is 0 Å². The Morgan fingerprint density at radius 2 is 0.804 bits per heavy atom. The number of benzene rings is 9. The lowest BCUT2D eigenvalue weighted by Crippen LogP contribution is -1.94. The third-order valence-electron chi connectivity index (χ3n) is 11.3. The van der Waals surface area contributed by atoms with Gasteiger partial charge in [-0.2, -0.15) is 0 Å². The SMILES string of the molecule is c1ccc(-c2cccc(-c3cc(-c4cnc5c6ccccc6c6ccccc6c5n4)cc(-c4c5oc6ccccc6c5cc5c4oc4ccccc45)c3)c2)cc1. The number of hydrogen-bond acceptors (Lipinski definition) is 4. The molecule has 0 aliphatic rings. The van der Waals surface area contributed by atoms with Crippen LogP contribution < -0.4 is 0 Å². The van der Waals surface area contributed by atoms with Crippen molar-refractivity contribution in [2.45, 2.75) is 0 Å². The molecule has 12 rings (SSSR count). The number of furan rings is 2. The van der Waals surface area contributed by atoms with Crippen molar-refractivity contribution < 1.29 is 8.83 Å². The molecule has 0 radical (unpaired) electrons. The van der Waals surface area contributed by atoms with E-state index in [1.807, 2.05) is 30.5 Å². The maximum Gasteiger partial charge on any atom is 0.147 e. The van der Waals surface area contributed by atoms with E-state index in [0.717, 1.165) is 110 Å². The Bertz CT molecular complexity index is 3420.